The maximum absolute atomic E-state index is 8.99. The lowest BCUT2D eigenvalue weighted by atomic mass is 10.2. The number of aryl methyl sites for hydroxylation is 1. The molecule has 0 radical (unpaired) electrons. The molecule has 1 aromatic rings. The lowest BCUT2D eigenvalue weighted by molar-refractivity contribution is 0.281. The molecule has 5 nitrogen and oxygen atoms in total. The van der Waals surface area contributed by atoms with Crippen molar-refractivity contribution in [2.75, 3.05) is 17.7 Å². The molecule has 0 aliphatic rings. The highest BCUT2D eigenvalue weighted by Gasteiger charge is 2.10. The number of rotatable bonds is 5. The molecule has 1 atom stereocenters. The predicted molar refractivity (Wildman–Crippen MR) is 65.3 cm³/mol. The maximum Gasteiger partial charge on any atom is 0.135 e. The number of nitrogens with one attached hydrogen (secondary N) is 1. The molecule has 0 fully saturated rings. The average molecular weight is 224 g/mol. The zero-order chi connectivity index (χ0) is 12.1. The Morgan fingerprint density at radius 3 is 2.69 bits per heavy atom. The highest BCUT2D eigenvalue weighted by Crippen LogP contribution is 2.18. The van der Waals surface area contributed by atoms with Gasteiger partial charge in [0, 0.05) is 18.0 Å². The van der Waals surface area contributed by atoms with Crippen LogP contribution in [0.4, 0.5) is 11.6 Å². The third kappa shape index (κ3) is 3.06. The molecular formula is C11H20N4O. The molecule has 0 bridgehead atoms. The Morgan fingerprint density at radius 1 is 1.44 bits per heavy atom. The van der Waals surface area contributed by atoms with Crippen LogP contribution in [0.25, 0.3) is 0 Å². The Morgan fingerprint density at radius 2 is 2.12 bits per heavy atom. The van der Waals surface area contributed by atoms with Crippen molar-refractivity contribution in [2.24, 2.45) is 0 Å². The number of aliphatic hydroxyl groups excluding tert-OH is 1. The molecule has 0 saturated carbocycles. The van der Waals surface area contributed by atoms with Gasteiger partial charge in [0.1, 0.15) is 17.5 Å². The minimum absolute atomic E-state index is 0.0394. The molecule has 0 aliphatic heterocycles. The minimum Gasteiger partial charge on any atom is -0.394 e. The van der Waals surface area contributed by atoms with Gasteiger partial charge in [-0.1, -0.05) is 6.92 Å². The number of nitrogen functional groups attached to an aromatic ring is 1. The highest BCUT2D eigenvalue weighted by molar-refractivity contribution is 5.55. The molecule has 1 aromatic heterocycles. The van der Waals surface area contributed by atoms with Gasteiger partial charge < -0.3 is 16.2 Å². The van der Waals surface area contributed by atoms with Crippen molar-refractivity contribution in [1.29, 1.82) is 0 Å². The number of aliphatic hydroxyl groups is 1. The van der Waals surface area contributed by atoms with Gasteiger partial charge in [-0.05, 0) is 20.3 Å². The molecule has 0 aromatic carbocycles. The summed E-state index contributed by atoms with van der Waals surface area (Å²) in [7, 11) is 0. The van der Waals surface area contributed by atoms with Crippen LogP contribution in [0.5, 0.6) is 0 Å². The molecule has 0 spiro atoms. The molecule has 1 unspecified atom stereocenters. The van der Waals surface area contributed by atoms with Crippen LogP contribution in [0, 0.1) is 6.92 Å². The summed E-state index contributed by atoms with van der Waals surface area (Å²) in [4.78, 5) is 8.62. The van der Waals surface area contributed by atoms with E-state index < -0.39 is 0 Å². The van der Waals surface area contributed by atoms with Crippen LogP contribution in [-0.4, -0.2) is 27.7 Å². The van der Waals surface area contributed by atoms with E-state index in [0.29, 0.717) is 5.82 Å². The van der Waals surface area contributed by atoms with Crippen LogP contribution < -0.4 is 11.1 Å². The number of anilines is 2. The largest absolute Gasteiger partial charge is 0.394 e. The SMILES string of the molecule is CCCc1nc(N)c(C)c(NC(C)CO)n1. The van der Waals surface area contributed by atoms with E-state index in [1.807, 2.05) is 13.8 Å². The van der Waals surface area contributed by atoms with E-state index in [-0.39, 0.29) is 12.6 Å². The summed E-state index contributed by atoms with van der Waals surface area (Å²) in [5.41, 5.74) is 6.65. The van der Waals surface area contributed by atoms with Crippen LogP contribution in [0.1, 0.15) is 31.7 Å². The summed E-state index contributed by atoms with van der Waals surface area (Å²) in [5, 5.41) is 12.1. The minimum atomic E-state index is -0.0394. The number of hydrogen-bond donors (Lipinski definition) is 3. The lowest BCUT2D eigenvalue weighted by Gasteiger charge is -2.15. The van der Waals surface area contributed by atoms with Crippen molar-refractivity contribution in [1.82, 2.24) is 9.97 Å². The summed E-state index contributed by atoms with van der Waals surface area (Å²) in [6.07, 6.45) is 1.80. The normalized spacial score (nSPS) is 12.5. The van der Waals surface area contributed by atoms with Crippen LogP contribution in [0.3, 0.4) is 0 Å². The fraction of sp³-hybridized carbons (Fsp3) is 0.636. The molecule has 16 heavy (non-hydrogen) atoms. The van der Waals surface area contributed by atoms with E-state index in [2.05, 4.69) is 22.2 Å². The van der Waals surface area contributed by atoms with E-state index in [9.17, 15) is 0 Å². The topological polar surface area (TPSA) is 84.1 Å². The second kappa shape index (κ2) is 5.65. The van der Waals surface area contributed by atoms with Gasteiger partial charge in [0.15, 0.2) is 0 Å². The molecule has 0 aliphatic carbocycles. The summed E-state index contributed by atoms with van der Waals surface area (Å²) in [5.74, 6) is 1.97. The molecule has 5 heteroatoms. The Balaban J connectivity index is 2.96. The highest BCUT2D eigenvalue weighted by atomic mass is 16.3. The van der Waals surface area contributed by atoms with E-state index in [1.165, 1.54) is 0 Å². The fourth-order valence-electron chi connectivity index (χ4n) is 1.34. The Labute approximate surface area is 96.1 Å². The van der Waals surface area contributed by atoms with Gasteiger partial charge >= 0.3 is 0 Å². The van der Waals surface area contributed by atoms with Gasteiger partial charge in [-0.3, -0.25) is 0 Å². The molecule has 90 valence electrons. The van der Waals surface area contributed by atoms with Crippen LogP contribution in [0.2, 0.25) is 0 Å². The van der Waals surface area contributed by atoms with Gasteiger partial charge in [0.2, 0.25) is 0 Å². The smallest absolute Gasteiger partial charge is 0.135 e. The van der Waals surface area contributed by atoms with Crippen molar-refractivity contribution in [3.8, 4) is 0 Å². The standard InChI is InChI=1S/C11H20N4O/c1-4-5-9-14-10(12)8(3)11(15-9)13-7(2)6-16/h7,16H,4-6H2,1-3H3,(H3,12,13,14,15). The molecular weight excluding hydrogens is 204 g/mol. The van der Waals surface area contributed by atoms with Crippen molar-refractivity contribution in [3.63, 3.8) is 0 Å². The average Bonchev–Trinajstić information content (AvgIpc) is 2.25. The van der Waals surface area contributed by atoms with Crippen LogP contribution >= 0.6 is 0 Å². The molecule has 1 rings (SSSR count). The summed E-state index contributed by atoms with van der Waals surface area (Å²) in [6, 6.07) is -0.0394. The first-order chi connectivity index (χ1) is 7.58. The van der Waals surface area contributed by atoms with Gasteiger partial charge in [-0.25, -0.2) is 9.97 Å². The predicted octanol–water partition coefficient (Wildman–Crippen LogP) is 1.11. The van der Waals surface area contributed by atoms with E-state index >= 15 is 0 Å². The van der Waals surface area contributed by atoms with Crippen LogP contribution in [0.15, 0.2) is 0 Å². The van der Waals surface area contributed by atoms with Crippen LogP contribution in [-0.2, 0) is 6.42 Å². The zero-order valence-corrected chi connectivity index (χ0v) is 10.1. The summed E-state index contributed by atoms with van der Waals surface area (Å²) < 4.78 is 0. The first-order valence-electron chi connectivity index (χ1n) is 5.58. The second-order valence-electron chi connectivity index (χ2n) is 3.98. The first-order valence-corrected chi connectivity index (χ1v) is 5.58. The van der Waals surface area contributed by atoms with Crippen molar-refractivity contribution < 1.29 is 5.11 Å². The molecule has 1 heterocycles. The Kier molecular flexibility index (Phi) is 4.49. The number of nitrogens with zero attached hydrogens (tertiary/aromatic N) is 2. The number of nitrogens with two attached hydrogens (primary N) is 1. The summed E-state index contributed by atoms with van der Waals surface area (Å²) >= 11 is 0. The van der Waals surface area contributed by atoms with Crippen molar-refractivity contribution in [3.05, 3.63) is 11.4 Å². The van der Waals surface area contributed by atoms with Crippen molar-refractivity contribution >= 4 is 11.6 Å². The van der Waals surface area contributed by atoms with E-state index in [1.54, 1.807) is 0 Å². The molecule has 0 amide bonds. The quantitative estimate of drug-likeness (QED) is 0.697. The van der Waals surface area contributed by atoms with E-state index in [0.717, 1.165) is 30.0 Å². The zero-order valence-electron chi connectivity index (χ0n) is 10.1. The Hall–Kier alpha value is -1.36. The van der Waals surface area contributed by atoms with Gasteiger partial charge in [0.05, 0.1) is 6.61 Å². The lowest BCUT2D eigenvalue weighted by Crippen LogP contribution is -2.21. The number of hydrogen-bond acceptors (Lipinski definition) is 5. The summed E-state index contributed by atoms with van der Waals surface area (Å²) in [6.45, 7) is 5.89. The first kappa shape index (κ1) is 12.7. The molecule has 0 saturated heterocycles. The maximum atomic E-state index is 8.99. The molecule has 4 N–H and O–H groups in total. The number of aromatic nitrogens is 2. The van der Waals surface area contributed by atoms with Gasteiger partial charge in [-0.15, -0.1) is 0 Å². The third-order valence-corrected chi connectivity index (χ3v) is 2.36. The van der Waals surface area contributed by atoms with Crippen molar-refractivity contribution in [2.45, 2.75) is 39.7 Å². The monoisotopic (exact) mass is 224 g/mol. The fourth-order valence-corrected chi connectivity index (χ4v) is 1.34. The van der Waals surface area contributed by atoms with Gasteiger partial charge in [-0.2, -0.15) is 0 Å². The third-order valence-electron chi connectivity index (χ3n) is 2.36. The second-order valence-corrected chi connectivity index (χ2v) is 3.98. The Bertz CT molecular complexity index is 354. The van der Waals surface area contributed by atoms with E-state index in [4.69, 9.17) is 10.8 Å². The van der Waals surface area contributed by atoms with Gasteiger partial charge in [0.25, 0.3) is 0 Å².